The summed E-state index contributed by atoms with van der Waals surface area (Å²) in [6.45, 7) is 2.17. The summed E-state index contributed by atoms with van der Waals surface area (Å²) in [5.41, 5.74) is 6.86. The van der Waals surface area contributed by atoms with Gasteiger partial charge in [-0.3, -0.25) is 0 Å². The lowest BCUT2D eigenvalue weighted by molar-refractivity contribution is 0.165. The van der Waals surface area contributed by atoms with Crippen molar-refractivity contribution < 1.29 is 9.50 Å². The van der Waals surface area contributed by atoms with E-state index in [0.717, 1.165) is 5.69 Å². The molecule has 0 saturated heterocycles. The first-order chi connectivity index (χ1) is 7.65. The molecule has 0 radical (unpaired) electrons. The molecule has 0 saturated carbocycles. The largest absolute Gasteiger partial charge is 0.387 e. The summed E-state index contributed by atoms with van der Waals surface area (Å²) in [7, 11) is 0. The van der Waals surface area contributed by atoms with Crippen molar-refractivity contribution >= 4 is 5.65 Å². The highest BCUT2D eigenvalue weighted by atomic mass is 19.1. The van der Waals surface area contributed by atoms with Crippen molar-refractivity contribution in [3.05, 3.63) is 35.5 Å². The minimum absolute atomic E-state index is 0.242. The molecule has 2 rings (SSSR count). The predicted molar refractivity (Wildman–Crippen MR) is 58.5 cm³/mol. The van der Waals surface area contributed by atoms with Gasteiger partial charge < -0.3 is 15.2 Å². The van der Waals surface area contributed by atoms with Crippen LogP contribution in [0.1, 0.15) is 23.9 Å². The van der Waals surface area contributed by atoms with Crippen molar-refractivity contribution in [1.29, 1.82) is 0 Å². The van der Waals surface area contributed by atoms with Crippen LogP contribution in [0.2, 0.25) is 0 Å². The first-order valence-electron chi connectivity index (χ1n) is 5.16. The SMILES string of the molecule is Cc1c(C(O)CCN)nc2c(F)cccn12. The molecule has 1 atom stereocenters. The van der Waals surface area contributed by atoms with Gasteiger partial charge in [-0.2, -0.15) is 0 Å². The van der Waals surface area contributed by atoms with Crippen molar-refractivity contribution in [3.8, 4) is 0 Å². The van der Waals surface area contributed by atoms with Crippen LogP contribution in [0.3, 0.4) is 0 Å². The summed E-state index contributed by atoms with van der Waals surface area (Å²) in [6, 6.07) is 2.96. The van der Waals surface area contributed by atoms with Crippen LogP contribution in [0.5, 0.6) is 0 Å². The molecule has 0 aliphatic rings. The van der Waals surface area contributed by atoms with E-state index < -0.39 is 11.9 Å². The van der Waals surface area contributed by atoms with Crippen LogP contribution in [-0.2, 0) is 0 Å². The molecule has 0 amide bonds. The maximum atomic E-state index is 13.4. The summed E-state index contributed by atoms with van der Waals surface area (Å²) in [6.07, 6.45) is 1.41. The number of aliphatic hydroxyl groups is 1. The van der Waals surface area contributed by atoms with Gasteiger partial charge in [-0.15, -0.1) is 0 Å². The zero-order chi connectivity index (χ0) is 11.7. The predicted octanol–water partition coefficient (Wildman–Crippen LogP) is 1.16. The Morgan fingerprint density at radius 1 is 1.62 bits per heavy atom. The number of aryl methyl sites for hydroxylation is 1. The van der Waals surface area contributed by atoms with Gasteiger partial charge in [0, 0.05) is 11.9 Å². The van der Waals surface area contributed by atoms with E-state index in [1.807, 2.05) is 0 Å². The standard InChI is InChI=1S/C11H14FN3O/c1-7-10(9(16)4-5-13)14-11-8(12)3-2-6-15(7)11/h2-3,6,9,16H,4-5,13H2,1H3. The Labute approximate surface area is 92.5 Å². The quantitative estimate of drug-likeness (QED) is 0.820. The Hall–Kier alpha value is -1.46. The fraction of sp³-hybridized carbons (Fsp3) is 0.364. The molecule has 2 heterocycles. The van der Waals surface area contributed by atoms with Gasteiger partial charge in [0.05, 0.1) is 11.8 Å². The molecule has 16 heavy (non-hydrogen) atoms. The summed E-state index contributed by atoms with van der Waals surface area (Å²) in [4.78, 5) is 4.11. The number of nitrogens with two attached hydrogens (primary N) is 1. The average molecular weight is 223 g/mol. The molecule has 0 aliphatic heterocycles. The Morgan fingerprint density at radius 3 is 3.00 bits per heavy atom. The van der Waals surface area contributed by atoms with Crippen molar-refractivity contribution in [1.82, 2.24) is 9.38 Å². The number of nitrogens with zero attached hydrogens (tertiary/aromatic N) is 2. The van der Waals surface area contributed by atoms with Crippen LogP contribution in [-0.4, -0.2) is 21.0 Å². The van der Waals surface area contributed by atoms with E-state index in [1.54, 1.807) is 23.6 Å². The lowest BCUT2D eigenvalue weighted by Crippen LogP contribution is -2.08. The Balaban J connectivity index is 2.55. The third-order valence-electron chi connectivity index (χ3n) is 2.63. The molecular weight excluding hydrogens is 209 g/mol. The van der Waals surface area contributed by atoms with Crippen LogP contribution in [0.4, 0.5) is 4.39 Å². The van der Waals surface area contributed by atoms with Crippen molar-refractivity contribution in [2.75, 3.05) is 6.54 Å². The third kappa shape index (κ3) is 1.68. The van der Waals surface area contributed by atoms with Gasteiger partial charge in [0.2, 0.25) is 0 Å². The van der Waals surface area contributed by atoms with E-state index in [0.29, 0.717) is 18.7 Å². The molecule has 3 N–H and O–H groups in total. The molecular formula is C11H14FN3O. The van der Waals surface area contributed by atoms with Gasteiger partial charge in [0.25, 0.3) is 0 Å². The number of hydrogen-bond donors (Lipinski definition) is 2. The zero-order valence-corrected chi connectivity index (χ0v) is 9.02. The van der Waals surface area contributed by atoms with Crippen LogP contribution < -0.4 is 5.73 Å². The number of halogens is 1. The Kier molecular flexibility index (Phi) is 2.89. The minimum Gasteiger partial charge on any atom is -0.387 e. The van der Waals surface area contributed by atoms with Gasteiger partial charge in [-0.05, 0) is 32.0 Å². The molecule has 4 nitrogen and oxygen atoms in total. The number of hydrogen-bond acceptors (Lipinski definition) is 3. The molecule has 2 aromatic rings. The topological polar surface area (TPSA) is 63.5 Å². The third-order valence-corrected chi connectivity index (χ3v) is 2.63. The monoisotopic (exact) mass is 223 g/mol. The maximum Gasteiger partial charge on any atom is 0.173 e. The average Bonchev–Trinajstić information content (AvgIpc) is 2.59. The van der Waals surface area contributed by atoms with Gasteiger partial charge in [0.15, 0.2) is 11.5 Å². The van der Waals surface area contributed by atoms with Gasteiger partial charge in [-0.25, -0.2) is 9.37 Å². The molecule has 86 valence electrons. The second kappa shape index (κ2) is 4.19. The number of imidazole rings is 1. The number of rotatable bonds is 3. The second-order valence-corrected chi connectivity index (χ2v) is 3.73. The molecule has 5 heteroatoms. The van der Waals surface area contributed by atoms with E-state index in [1.165, 1.54) is 6.07 Å². The molecule has 0 aromatic carbocycles. The Morgan fingerprint density at radius 2 is 2.38 bits per heavy atom. The number of aromatic nitrogens is 2. The van der Waals surface area contributed by atoms with Crippen LogP contribution in [0.25, 0.3) is 5.65 Å². The molecule has 0 aliphatic carbocycles. The molecule has 0 fully saturated rings. The second-order valence-electron chi connectivity index (χ2n) is 3.73. The molecule has 0 spiro atoms. The van der Waals surface area contributed by atoms with Crippen molar-refractivity contribution in [2.24, 2.45) is 5.73 Å². The van der Waals surface area contributed by atoms with Crippen molar-refractivity contribution in [3.63, 3.8) is 0 Å². The fourth-order valence-corrected chi connectivity index (χ4v) is 1.78. The maximum absolute atomic E-state index is 13.4. The molecule has 2 aromatic heterocycles. The lowest BCUT2D eigenvalue weighted by atomic mass is 10.1. The minimum atomic E-state index is -0.732. The zero-order valence-electron chi connectivity index (χ0n) is 9.02. The van der Waals surface area contributed by atoms with Gasteiger partial charge in [-0.1, -0.05) is 0 Å². The number of pyridine rings is 1. The van der Waals surface area contributed by atoms with Gasteiger partial charge in [0.1, 0.15) is 0 Å². The van der Waals surface area contributed by atoms with E-state index in [9.17, 15) is 9.50 Å². The fourth-order valence-electron chi connectivity index (χ4n) is 1.78. The molecule has 1 unspecified atom stereocenters. The van der Waals surface area contributed by atoms with E-state index >= 15 is 0 Å². The summed E-state index contributed by atoms with van der Waals surface area (Å²) < 4.78 is 15.1. The van der Waals surface area contributed by atoms with Gasteiger partial charge >= 0.3 is 0 Å². The highest BCUT2D eigenvalue weighted by Crippen LogP contribution is 2.21. The summed E-state index contributed by atoms with van der Waals surface area (Å²) in [5.74, 6) is -0.392. The number of fused-ring (bicyclic) bond motifs is 1. The Bertz CT molecular complexity index is 509. The summed E-state index contributed by atoms with van der Waals surface area (Å²) in [5, 5.41) is 9.81. The first-order valence-corrected chi connectivity index (χ1v) is 5.16. The highest BCUT2D eigenvalue weighted by molar-refractivity contribution is 5.44. The summed E-state index contributed by atoms with van der Waals surface area (Å²) >= 11 is 0. The number of aliphatic hydroxyl groups excluding tert-OH is 1. The normalized spacial score (nSPS) is 13.2. The molecule has 0 bridgehead atoms. The van der Waals surface area contributed by atoms with Crippen LogP contribution in [0.15, 0.2) is 18.3 Å². The lowest BCUT2D eigenvalue weighted by Gasteiger charge is -2.06. The smallest absolute Gasteiger partial charge is 0.173 e. The van der Waals surface area contributed by atoms with E-state index in [-0.39, 0.29) is 5.65 Å². The van der Waals surface area contributed by atoms with E-state index in [4.69, 9.17) is 5.73 Å². The highest BCUT2D eigenvalue weighted by Gasteiger charge is 2.17. The van der Waals surface area contributed by atoms with Crippen molar-refractivity contribution in [2.45, 2.75) is 19.4 Å². The van der Waals surface area contributed by atoms with E-state index in [2.05, 4.69) is 4.98 Å². The van der Waals surface area contributed by atoms with Crippen LogP contribution >= 0.6 is 0 Å². The van der Waals surface area contributed by atoms with Crippen LogP contribution in [0, 0.1) is 12.7 Å². The first kappa shape index (κ1) is 11.0.